The molecular weight excluding hydrogens is 275 g/mol. The van der Waals surface area contributed by atoms with Crippen LogP contribution in [0.5, 0.6) is 0 Å². The molecule has 2 aromatic rings. The Morgan fingerprint density at radius 3 is 2.30 bits per heavy atom. The van der Waals surface area contributed by atoms with Crippen molar-refractivity contribution in [3.05, 3.63) is 46.5 Å². The van der Waals surface area contributed by atoms with E-state index in [1.54, 1.807) is 6.07 Å². The zero-order valence-corrected chi connectivity index (χ0v) is 12.6. The highest BCUT2D eigenvalue weighted by atomic mass is 32.2. The summed E-state index contributed by atoms with van der Waals surface area (Å²) in [7, 11) is 0. The largest absolute Gasteiger partial charge is 0.294 e. The van der Waals surface area contributed by atoms with Crippen molar-refractivity contribution in [1.29, 1.82) is 0 Å². The number of carbonyl (C=O) groups is 1. The highest BCUT2D eigenvalue weighted by Gasteiger charge is 2.15. The Hall–Kier alpha value is -1.75. The van der Waals surface area contributed by atoms with Crippen molar-refractivity contribution in [1.82, 2.24) is 9.97 Å². The Bertz CT molecular complexity index is 663. The predicted octanol–water partition coefficient (Wildman–Crippen LogP) is 3.89. The molecule has 5 heteroatoms. The van der Waals surface area contributed by atoms with E-state index in [0.717, 1.165) is 28.7 Å². The Morgan fingerprint density at radius 2 is 1.75 bits per heavy atom. The molecule has 0 bridgehead atoms. The number of hydrogen-bond donors (Lipinski definition) is 0. The number of rotatable bonds is 3. The molecule has 0 N–H and O–H groups in total. The summed E-state index contributed by atoms with van der Waals surface area (Å²) in [6, 6.07) is 4.48. The van der Waals surface area contributed by atoms with Crippen molar-refractivity contribution in [3.8, 4) is 0 Å². The lowest BCUT2D eigenvalue weighted by Crippen LogP contribution is -2.01. The van der Waals surface area contributed by atoms with Crippen LogP contribution in [0.25, 0.3) is 0 Å². The molecule has 104 valence electrons. The number of ketones is 1. The van der Waals surface area contributed by atoms with Crippen molar-refractivity contribution in [2.45, 2.75) is 37.7 Å². The van der Waals surface area contributed by atoms with Gasteiger partial charge in [0.2, 0.25) is 0 Å². The third kappa shape index (κ3) is 2.88. The maximum absolute atomic E-state index is 13.9. The fourth-order valence-electron chi connectivity index (χ4n) is 1.77. The first-order valence-electron chi connectivity index (χ1n) is 6.19. The van der Waals surface area contributed by atoms with Gasteiger partial charge in [0.15, 0.2) is 10.9 Å². The van der Waals surface area contributed by atoms with E-state index in [2.05, 4.69) is 9.97 Å². The summed E-state index contributed by atoms with van der Waals surface area (Å²) in [6.07, 6.45) is 0. The molecule has 3 nitrogen and oxygen atoms in total. The SMILES string of the molecule is CC(=O)c1cccc(F)c1Sc1nc(C)c(C)c(C)n1. The Balaban J connectivity index is 2.47. The normalized spacial score (nSPS) is 10.7. The van der Waals surface area contributed by atoms with Gasteiger partial charge in [-0.2, -0.15) is 0 Å². The van der Waals surface area contributed by atoms with E-state index in [0.29, 0.717) is 10.7 Å². The average molecular weight is 290 g/mol. The molecule has 2 rings (SSSR count). The van der Waals surface area contributed by atoms with Crippen LogP contribution in [-0.2, 0) is 0 Å². The molecule has 20 heavy (non-hydrogen) atoms. The maximum Gasteiger partial charge on any atom is 0.193 e. The van der Waals surface area contributed by atoms with Gasteiger partial charge in [0.25, 0.3) is 0 Å². The second-order valence-corrected chi connectivity index (χ2v) is 5.55. The van der Waals surface area contributed by atoms with E-state index in [-0.39, 0.29) is 10.7 Å². The first-order valence-corrected chi connectivity index (χ1v) is 7.01. The predicted molar refractivity (Wildman–Crippen MR) is 76.8 cm³/mol. The van der Waals surface area contributed by atoms with Gasteiger partial charge >= 0.3 is 0 Å². The molecule has 0 radical (unpaired) electrons. The van der Waals surface area contributed by atoms with Crippen LogP contribution in [0.1, 0.15) is 34.2 Å². The van der Waals surface area contributed by atoms with Crippen LogP contribution in [0.2, 0.25) is 0 Å². The van der Waals surface area contributed by atoms with Gasteiger partial charge in [0, 0.05) is 17.0 Å². The third-order valence-electron chi connectivity index (χ3n) is 3.15. The first-order chi connectivity index (χ1) is 9.40. The molecule has 0 aliphatic carbocycles. The zero-order chi connectivity index (χ0) is 14.9. The number of carbonyl (C=O) groups excluding carboxylic acids is 1. The molecule has 0 fully saturated rings. The Morgan fingerprint density at radius 1 is 1.15 bits per heavy atom. The highest BCUT2D eigenvalue weighted by molar-refractivity contribution is 7.99. The number of halogens is 1. The van der Waals surface area contributed by atoms with Crippen LogP contribution in [-0.4, -0.2) is 15.8 Å². The summed E-state index contributed by atoms with van der Waals surface area (Å²) in [6.45, 7) is 7.15. The van der Waals surface area contributed by atoms with E-state index in [1.807, 2.05) is 20.8 Å². The van der Waals surface area contributed by atoms with Gasteiger partial charge in [0.05, 0.1) is 4.90 Å². The van der Waals surface area contributed by atoms with Crippen molar-refractivity contribution < 1.29 is 9.18 Å². The minimum absolute atomic E-state index is 0.174. The van der Waals surface area contributed by atoms with Crippen molar-refractivity contribution in [3.63, 3.8) is 0 Å². The van der Waals surface area contributed by atoms with Gasteiger partial charge in [0.1, 0.15) is 5.82 Å². The van der Waals surface area contributed by atoms with Crippen LogP contribution in [0.3, 0.4) is 0 Å². The molecule has 0 saturated heterocycles. The van der Waals surface area contributed by atoms with Gasteiger partial charge < -0.3 is 0 Å². The van der Waals surface area contributed by atoms with Crippen LogP contribution in [0.15, 0.2) is 28.3 Å². The number of hydrogen-bond acceptors (Lipinski definition) is 4. The lowest BCUT2D eigenvalue weighted by molar-refractivity contribution is 0.101. The van der Waals surface area contributed by atoms with Crippen LogP contribution >= 0.6 is 11.8 Å². The third-order valence-corrected chi connectivity index (χ3v) is 4.14. The van der Waals surface area contributed by atoms with Gasteiger partial charge in [-0.25, -0.2) is 14.4 Å². The number of Topliss-reactive ketones (excluding diaryl/α,β-unsaturated/α-hetero) is 1. The summed E-state index contributed by atoms with van der Waals surface area (Å²) in [5.41, 5.74) is 3.10. The fourth-order valence-corrected chi connectivity index (χ4v) is 2.80. The molecule has 0 spiro atoms. The van der Waals surface area contributed by atoms with Crippen LogP contribution in [0.4, 0.5) is 4.39 Å². The molecule has 0 atom stereocenters. The van der Waals surface area contributed by atoms with Gasteiger partial charge in [-0.1, -0.05) is 12.1 Å². The zero-order valence-electron chi connectivity index (χ0n) is 11.8. The Labute approximate surface area is 121 Å². The van der Waals surface area contributed by atoms with E-state index in [1.165, 1.54) is 19.1 Å². The van der Waals surface area contributed by atoms with Gasteiger partial charge in [-0.3, -0.25) is 4.79 Å². The lowest BCUT2D eigenvalue weighted by atomic mass is 10.1. The molecule has 1 aromatic heterocycles. The molecule has 0 unspecified atom stereocenters. The van der Waals surface area contributed by atoms with E-state index < -0.39 is 5.82 Å². The number of nitrogens with zero attached hydrogens (tertiary/aromatic N) is 2. The minimum Gasteiger partial charge on any atom is -0.294 e. The summed E-state index contributed by atoms with van der Waals surface area (Å²) >= 11 is 1.09. The van der Waals surface area contributed by atoms with E-state index >= 15 is 0 Å². The van der Waals surface area contributed by atoms with Crippen LogP contribution in [0, 0.1) is 26.6 Å². The topological polar surface area (TPSA) is 42.9 Å². The lowest BCUT2D eigenvalue weighted by Gasteiger charge is -2.09. The smallest absolute Gasteiger partial charge is 0.193 e. The molecule has 0 saturated carbocycles. The van der Waals surface area contributed by atoms with Crippen molar-refractivity contribution in [2.75, 3.05) is 0 Å². The number of aryl methyl sites for hydroxylation is 2. The summed E-state index contributed by atoms with van der Waals surface area (Å²) in [4.78, 5) is 20.5. The first kappa shape index (κ1) is 14.7. The molecule has 0 amide bonds. The molecule has 1 aromatic carbocycles. The quantitative estimate of drug-likeness (QED) is 0.635. The molecule has 0 aliphatic heterocycles. The highest BCUT2D eigenvalue weighted by Crippen LogP contribution is 2.31. The molecule has 1 heterocycles. The summed E-state index contributed by atoms with van der Waals surface area (Å²) < 4.78 is 13.9. The molecule has 0 aliphatic rings. The summed E-state index contributed by atoms with van der Waals surface area (Å²) in [5, 5.41) is 0.457. The summed E-state index contributed by atoms with van der Waals surface area (Å²) in [5.74, 6) is -0.602. The number of benzene rings is 1. The van der Waals surface area contributed by atoms with Gasteiger partial charge in [-0.05, 0) is 51.1 Å². The fraction of sp³-hybridized carbons (Fsp3) is 0.267. The van der Waals surface area contributed by atoms with Crippen molar-refractivity contribution in [2.24, 2.45) is 0 Å². The van der Waals surface area contributed by atoms with Crippen molar-refractivity contribution >= 4 is 17.5 Å². The molecular formula is C15H15FN2OS. The van der Waals surface area contributed by atoms with E-state index in [4.69, 9.17) is 0 Å². The minimum atomic E-state index is -0.429. The second kappa shape index (κ2) is 5.71. The van der Waals surface area contributed by atoms with Gasteiger partial charge in [-0.15, -0.1) is 0 Å². The second-order valence-electron chi connectivity index (χ2n) is 4.58. The van der Waals surface area contributed by atoms with Crippen LogP contribution < -0.4 is 0 Å². The van der Waals surface area contributed by atoms with E-state index in [9.17, 15) is 9.18 Å². The monoisotopic (exact) mass is 290 g/mol. The average Bonchev–Trinajstić information content (AvgIpc) is 2.38. The maximum atomic E-state index is 13.9. The standard InChI is InChI=1S/C15H15FN2OS/c1-8-9(2)17-15(18-10(8)3)20-14-12(11(4)19)6-5-7-13(14)16/h5-7H,1-4H3. The Kier molecular flexibility index (Phi) is 4.18. The number of aromatic nitrogens is 2.